The molecule has 1 aromatic heterocycles. The predicted octanol–water partition coefficient (Wildman–Crippen LogP) is 4.27. The standard InChI is InChI=1S/C21H21N3O2S/c1-14(20(25)22-18-11-10-16-8-5-9-17(16)13-18)27-21-24-23-19(26-21)12-15-6-3-2-4-7-15/h2-4,6-7,10-11,13-14H,5,8-9,12H2,1H3,(H,22,25)/t14-/m1/s1. The Hall–Kier alpha value is -2.60. The summed E-state index contributed by atoms with van der Waals surface area (Å²) in [6.07, 6.45) is 4.01. The SMILES string of the molecule is C[C@@H](Sc1nnc(Cc2ccccc2)o1)C(=O)Nc1ccc2c(c1)CCC2. The number of benzene rings is 2. The Balaban J connectivity index is 1.34. The molecule has 0 saturated heterocycles. The van der Waals surface area contributed by atoms with E-state index >= 15 is 0 Å². The lowest BCUT2D eigenvalue weighted by Gasteiger charge is -2.11. The van der Waals surface area contributed by atoms with Crippen LogP contribution in [-0.4, -0.2) is 21.4 Å². The highest BCUT2D eigenvalue weighted by Crippen LogP contribution is 2.27. The van der Waals surface area contributed by atoms with Crippen LogP contribution in [0.1, 0.15) is 35.9 Å². The number of aryl methyl sites for hydroxylation is 2. The summed E-state index contributed by atoms with van der Waals surface area (Å²) in [7, 11) is 0. The maximum atomic E-state index is 12.5. The van der Waals surface area contributed by atoms with Gasteiger partial charge in [0.1, 0.15) is 0 Å². The maximum Gasteiger partial charge on any atom is 0.277 e. The zero-order chi connectivity index (χ0) is 18.6. The molecule has 4 rings (SSSR count). The van der Waals surface area contributed by atoms with Crippen LogP contribution in [0.2, 0.25) is 0 Å². The van der Waals surface area contributed by atoms with Gasteiger partial charge in [-0.3, -0.25) is 4.79 Å². The summed E-state index contributed by atoms with van der Waals surface area (Å²) < 4.78 is 5.68. The van der Waals surface area contributed by atoms with Crippen LogP contribution in [0, 0.1) is 0 Å². The Kier molecular flexibility index (Phi) is 5.25. The van der Waals surface area contributed by atoms with E-state index in [4.69, 9.17) is 4.42 Å². The molecule has 5 nitrogen and oxygen atoms in total. The number of amides is 1. The van der Waals surface area contributed by atoms with Crippen molar-refractivity contribution in [2.75, 3.05) is 5.32 Å². The molecular formula is C21H21N3O2S. The van der Waals surface area contributed by atoms with E-state index in [1.807, 2.05) is 43.3 Å². The van der Waals surface area contributed by atoms with Gasteiger partial charge in [0.25, 0.3) is 5.22 Å². The van der Waals surface area contributed by atoms with Gasteiger partial charge in [0.2, 0.25) is 11.8 Å². The predicted molar refractivity (Wildman–Crippen MR) is 106 cm³/mol. The summed E-state index contributed by atoms with van der Waals surface area (Å²) in [6, 6.07) is 16.1. The summed E-state index contributed by atoms with van der Waals surface area (Å²) in [5.41, 5.74) is 4.70. The molecule has 1 atom stereocenters. The smallest absolute Gasteiger partial charge is 0.277 e. The van der Waals surface area contributed by atoms with Crippen molar-refractivity contribution in [1.29, 1.82) is 0 Å². The Morgan fingerprint density at radius 2 is 1.96 bits per heavy atom. The second-order valence-electron chi connectivity index (χ2n) is 6.71. The first kappa shape index (κ1) is 17.8. The molecule has 0 spiro atoms. The van der Waals surface area contributed by atoms with Gasteiger partial charge in [-0.2, -0.15) is 0 Å². The topological polar surface area (TPSA) is 68.0 Å². The first-order valence-electron chi connectivity index (χ1n) is 9.13. The molecule has 0 radical (unpaired) electrons. The average Bonchev–Trinajstić information content (AvgIpc) is 3.31. The molecule has 1 heterocycles. The van der Waals surface area contributed by atoms with Gasteiger partial charge >= 0.3 is 0 Å². The van der Waals surface area contributed by atoms with E-state index in [0.717, 1.165) is 24.1 Å². The van der Waals surface area contributed by atoms with Crippen LogP contribution in [-0.2, 0) is 24.1 Å². The first-order valence-corrected chi connectivity index (χ1v) is 10.0. The number of thioether (sulfide) groups is 1. The van der Waals surface area contributed by atoms with Gasteiger partial charge in [-0.1, -0.05) is 48.2 Å². The third-order valence-corrected chi connectivity index (χ3v) is 5.59. The number of hydrogen-bond acceptors (Lipinski definition) is 5. The lowest BCUT2D eigenvalue weighted by molar-refractivity contribution is -0.115. The number of nitrogens with one attached hydrogen (secondary N) is 1. The fourth-order valence-corrected chi connectivity index (χ4v) is 3.93. The molecule has 1 amide bonds. The molecule has 0 bridgehead atoms. The third kappa shape index (κ3) is 4.39. The minimum atomic E-state index is -0.330. The van der Waals surface area contributed by atoms with Gasteiger partial charge in [0.15, 0.2) is 0 Å². The first-order chi connectivity index (χ1) is 13.2. The van der Waals surface area contributed by atoms with Crippen LogP contribution in [0.15, 0.2) is 58.2 Å². The summed E-state index contributed by atoms with van der Waals surface area (Å²) in [5.74, 6) is 0.482. The molecular weight excluding hydrogens is 358 g/mol. The fraction of sp³-hybridized carbons (Fsp3) is 0.286. The normalized spacial score (nSPS) is 14.0. The van der Waals surface area contributed by atoms with Gasteiger partial charge in [-0.05, 0) is 55.0 Å². The Morgan fingerprint density at radius 3 is 2.81 bits per heavy atom. The molecule has 0 saturated carbocycles. The van der Waals surface area contributed by atoms with Crippen LogP contribution in [0.25, 0.3) is 0 Å². The lowest BCUT2D eigenvalue weighted by Crippen LogP contribution is -2.22. The van der Waals surface area contributed by atoms with Crippen molar-refractivity contribution in [3.8, 4) is 0 Å². The number of carbonyl (C=O) groups is 1. The zero-order valence-corrected chi connectivity index (χ0v) is 16.0. The molecule has 2 aromatic carbocycles. The molecule has 1 aliphatic carbocycles. The monoisotopic (exact) mass is 379 g/mol. The van der Waals surface area contributed by atoms with Gasteiger partial charge < -0.3 is 9.73 Å². The highest BCUT2D eigenvalue weighted by molar-refractivity contribution is 8.00. The van der Waals surface area contributed by atoms with E-state index in [2.05, 4.69) is 27.6 Å². The quantitative estimate of drug-likeness (QED) is 0.648. The second kappa shape index (κ2) is 7.96. The zero-order valence-electron chi connectivity index (χ0n) is 15.1. The summed E-state index contributed by atoms with van der Waals surface area (Å²) in [5, 5.41) is 11.2. The van der Waals surface area contributed by atoms with E-state index in [9.17, 15) is 4.79 Å². The van der Waals surface area contributed by atoms with Crippen molar-refractivity contribution in [2.24, 2.45) is 0 Å². The fourth-order valence-electron chi connectivity index (χ4n) is 3.23. The van der Waals surface area contributed by atoms with Crippen LogP contribution in [0.3, 0.4) is 0 Å². The number of rotatable bonds is 6. The van der Waals surface area contributed by atoms with Crippen LogP contribution in [0.5, 0.6) is 0 Å². The number of anilines is 1. The molecule has 3 aromatic rings. The number of fused-ring (bicyclic) bond motifs is 1. The van der Waals surface area contributed by atoms with Crippen molar-refractivity contribution in [2.45, 2.75) is 43.1 Å². The molecule has 0 aliphatic heterocycles. The summed E-state index contributed by atoms with van der Waals surface area (Å²) in [4.78, 5) is 12.5. The van der Waals surface area contributed by atoms with Crippen LogP contribution >= 0.6 is 11.8 Å². The van der Waals surface area contributed by atoms with Crippen LogP contribution < -0.4 is 5.32 Å². The Labute approximate surface area is 162 Å². The minimum absolute atomic E-state index is 0.0687. The molecule has 1 aliphatic rings. The number of aromatic nitrogens is 2. The third-order valence-electron chi connectivity index (χ3n) is 4.66. The molecule has 138 valence electrons. The van der Waals surface area contributed by atoms with Crippen molar-refractivity contribution in [3.05, 3.63) is 71.1 Å². The minimum Gasteiger partial charge on any atom is -0.416 e. The highest BCUT2D eigenvalue weighted by Gasteiger charge is 2.19. The summed E-state index contributed by atoms with van der Waals surface area (Å²) in [6.45, 7) is 1.84. The number of hydrogen-bond donors (Lipinski definition) is 1. The van der Waals surface area contributed by atoms with E-state index in [-0.39, 0.29) is 11.2 Å². The van der Waals surface area contributed by atoms with Crippen molar-refractivity contribution >= 4 is 23.4 Å². The molecule has 27 heavy (non-hydrogen) atoms. The number of nitrogens with zero attached hydrogens (tertiary/aromatic N) is 2. The van der Waals surface area contributed by atoms with Crippen molar-refractivity contribution in [3.63, 3.8) is 0 Å². The lowest BCUT2D eigenvalue weighted by atomic mass is 10.1. The number of carbonyl (C=O) groups excluding carboxylic acids is 1. The Bertz CT molecular complexity index is 940. The van der Waals surface area contributed by atoms with E-state index in [0.29, 0.717) is 17.5 Å². The average molecular weight is 379 g/mol. The van der Waals surface area contributed by atoms with E-state index < -0.39 is 0 Å². The van der Waals surface area contributed by atoms with E-state index in [1.54, 1.807) is 0 Å². The highest BCUT2D eigenvalue weighted by atomic mass is 32.2. The van der Waals surface area contributed by atoms with Gasteiger partial charge in [-0.25, -0.2) is 0 Å². The van der Waals surface area contributed by atoms with E-state index in [1.165, 1.54) is 29.3 Å². The second-order valence-corrected chi connectivity index (χ2v) is 8.00. The molecule has 1 N–H and O–H groups in total. The van der Waals surface area contributed by atoms with Crippen LogP contribution in [0.4, 0.5) is 5.69 Å². The summed E-state index contributed by atoms with van der Waals surface area (Å²) >= 11 is 1.28. The van der Waals surface area contributed by atoms with Crippen molar-refractivity contribution < 1.29 is 9.21 Å². The van der Waals surface area contributed by atoms with Gasteiger partial charge in [0.05, 0.1) is 11.7 Å². The maximum absolute atomic E-state index is 12.5. The Morgan fingerprint density at radius 1 is 1.15 bits per heavy atom. The largest absolute Gasteiger partial charge is 0.416 e. The van der Waals surface area contributed by atoms with Gasteiger partial charge in [-0.15, -0.1) is 10.2 Å². The molecule has 0 unspecified atom stereocenters. The van der Waals surface area contributed by atoms with Gasteiger partial charge in [0, 0.05) is 5.69 Å². The van der Waals surface area contributed by atoms with Crippen molar-refractivity contribution in [1.82, 2.24) is 10.2 Å². The molecule has 6 heteroatoms. The molecule has 0 fully saturated rings.